The summed E-state index contributed by atoms with van der Waals surface area (Å²) in [6.07, 6.45) is 0. The SMILES string of the molecule is Cc1ccc(-c2cc3c([N+](=O)[O-])cccc3[nH]2)cc1. The van der Waals surface area contributed by atoms with E-state index in [0.717, 1.165) is 16.8 Å². The zero-order chi connectivity index (χ0) is 13.4. The summed E-state index contributed by atoms with van der Waals surface area (Å²) >= 11 is 0. The topological polar surface area (TPSA) is 58.9 Å². The molecule has 0 aliphatic carbocycles. The summed E-state index contributed by atoms with van der Waals surface area (Å²) < 4.78 is 0. The quantitative estimate of drug-likeness (QED) is 0.552. The third kappa shape index (κ3) is 1.97. The van der Waals surface area contributed by atoms with Gasteiger partial charge in [-0.05, 0) is 24.6 Å². The van der Waals surface area contributed by atoms with Crippen molar-refractivity contribution in [2.45, 2.75) is 6.92 Å². The molecule has 2 aromatic carbocycles. The van der Waals surface area contributed by atoms with Crippen molar-refractivity contribution < 1.29 is 4.92 Å². The monoisotopic (exact) mass is 252 g/mol. The van der Waals surface area contributed by atoms with Crippen LogP contribution in [0.15, 0.2) is 48.5 Å². The first-order valence-corrected chi connectivity index (χ1v) is 5.98. The molecule has 94 valence electrons. The molecule has 0 fully saturated rings. The van der Waals surface area contributed by atoms with Crippen molar-refractivity contribution >= 4 is 16.6 Å². The number of H-pyrrole nitrogens is 1. The lowest BCUT2D eigenvalue weighted by Crippen LogP contribution is -1.87. The maximum Gasteiger partial charge on any atom is 0.278 e. The molecule has 0 unspecified atom stereocenters. The summed E-state index contributed by atoms with van der Waals surface area (Å²) in [5.74, 6) is 0. The average Bonchev–Trinajstić information content (AvgIpc) is 2.82. The third-order valence-electron chi connectivity index (χ3n) is 3.20. The van der Waals surface area contributed by atoms with Crippen LogP contribution in [0.4, 0.5) is 5.69 Å². The maximum atomic E-state index is 11.0. The Morgan fingerprint density at radius 3 is 2.53 bits per heavy atom. The van der Waals surface area contributed by atoms with Crippen LogP contribution in [0.5, 0.6) is 0 Å². The molecule has 0 saturated heterocycles. The Labute approximate surface area is 109 Å². The van der Waals surface area contributed by atoms with Crippen molar-refractivity contribution in [2.24, 2.45) is 0 Å². The van der Waals surface area contributed by atoms with Gasteiger partial charge in [-0.2, -0.15) is 0 Å². The Kier molecular flexibility index (Phi) is 2.56. The number of fused-ring (bicyclic) bond motifs is 1. The van der Waals surface area contributed by atoms with Gasteiger partial charge < -0.3 is 4.98 Å². The fourth-order valence-electron chi connectivity index (χ4n) is 2.19. The minimum Gasteiger partial charge on any atom is -0.354 e. The van der Waals surface area contributed by atoms with Gasteiger partial charge in [0.25, 0.3) is 5.69 Å². The molecule has 1 heterocycles. The van der Waals surface area contributed by atoms with E-state index in [0.29, 0.717) is 5.39 Å². The number of aryl methyl sites for hydroxylation is 1. The van der Waals surface area contributed by atoms with E-state index in [1.165, 1.54) is 11.6 Å². The van der Waals surface area contributed by atoms with Crippen LogP contribution in [0.1, 0.15) is 5.56 Å². The molecular weight excluding hydrogens is 240 g/mol. The molecule has 0 radical (unpaired) electrons. The number of aromatic nitrogens is 1. The number of hydrogen-bond donors (Lipinski definition) is 1. The summed E-state index contributed by atoms with van der Waals surface area (Å²) in [4.78, 5) is 13.9. The van der Waals surface area contributed by atoms with Gasteiger partial charge in [0, 0.05) is 11.8 Å². The number of rotatable bonds is 2. The first-order valence-electron chi connectivity index (χ1n) is 5.98. The molecule has 3 rings (SSSR count). The number of benzene rings is 2. The van der Waals surface area contributed by atoms with Gasteiger partial charge >= 0.3 is 0 Å². The molecule has 0 bridgehead atoms. The van der Waals surface area contributed by atoms with Crippen molar-refractivity contribution in [1.29, 1.82) is 0 Å². The molecule has 19 heavy (non-hydrogen) atoms. The number of aromatic amines is 1. The lowest BCUT2D eigenvalue weighted by Gasteiger charge is -1.97. The van der Waals surface area contributed by atoms with Crippen LogP contribution in [0, 0.1) is 17.0 Å². The van der Waals surface area contributed by atoms with Crippen LogP contribution in [0.3, 0.4) is 0 Å². The molecule has 1 aromatic heterocycles. The van der Waals surface area contributed by atoms with Crippen LogP contribution >= 0.6 is 0 Å². The van der Waals surface area contributed by atoms with Crippen LogP contribution in [-0.4, -0.2) is 9.91 Å². The highest BCUT2D eigenvalue weighted by Gasteiger charge is 2.14. The second-order valence-electron chi connectivity index (χ2n) is 4.54. The highest BCUT2D eigenvalue weighted by atomic mass is 16.6. The highest BCUT2D eigenvalue weighted by Crippen LogP contribution is 2.30. The van der Waals surface area contributed by atoms with E-state index in [1.54, 1.807) is 6.07 Å². The molecular formula is C15H12N2O2. The second kappa shape index (κ2) is 4.24. The molecule has 0 aliphatic rings. The lowest BCUT2D eigenvalue weighted by molar-refractivity contribution is -0.383. The molecule has 4 heteroatoms. The van der Waals surface area contributed by atoms with E-state index >= 15 is 0 Å². The van der Waals surface area contributed by atoms with E-state index in [9.17, 15) is 10.1 Å². The Bertz CT molecular complexity index is 757. The van der Waals surface area contributed by atoms with Crippen molar-refractivity contribution in [3.63, 3.8) is 0 Å². The first kappa shape index (κ1) is 11.5. The number of non-ortho nitro benzene ring substituents is 1. The fraction of sp³-hybridized carbons (Fsp3) is 0.0667. The van der Waals surface area contributed by atoms with Gasteiger partial charge in [-0.15, -0.1) is 0 Å². The van der Waals surface area contributed by atoms with Crippen molar-refractivity contribution in [3.8, 4) is 11.3 Å². The molecule has 1 N–H and O–H groups in total. The van der Waals surface area contributed by atoms with E-state index in [-0.39, 0.29) is 10.6 Å². The minimum atomic E-state index is -0.352. The average molecular weight is 252 g/mol. The molecule has 0 spiro atoms. The van der Waals surface area contributed by atoms with Gasteiger partial charge in [0.2, 0.25) is 0 Å². The minimum absolute atomic E-state index is 0.132. The zero-order valence-electron chi connectivity index (χ0n) is 10.4. The molecule has 0 atom stereocenters. The van der Waals surface area contributed by atoms with Crippen LogP contribution in [-0.2, 0) is 0 Å². The van der Waals surface area contributed by atoms with E-state index in [2.05, 4.69) is 4.98 Å². The first-order chi connectivity index (χ1) is 9.15. The summed E-state index contributed by atoms with van der Waals surface area (Å²) in [7, 11) is 0. The lowest BCUT2D eigenvalue weighted by atomic mass is 10.1. The summed E-state index contributed by atoms with van der Waals surface area (Å²) in [5, 5.41) is 11.6. The Morgan fingerprint density at radius 1 is 1.11 bits per heavy atom. The van der Waals surface area contributed by atoms with Crippen LogP contribution < -0.4 is 0 Å². The van der Waals surface area contributed by atoms with Crippen molar-refractivity contribution in [2.75, 3.05) is 0 Å². The van der Waals surface area contributed by atoms with Gasteiger partial charge in [0.05, 0.1) is 15.8 Å². The molecule has 0 saturated carbocycles. The number of nitrogens with zero attached hydrogens (tertiary/aromatic N) is 1. The summed E-state index contributed by atoms with van der Waals surface area (Å²) in [5.41, 5.74) is 4.02. The largest absolute Gasteiger partial charge is 0.354 e. The number of nitrogens with one attached hydrogen (secondary N) is 1. The Hall–Kier alpha value is -2.62. The third-order valence-corrected chi connectivity index (χ3v) is 3.20. The van der Waals surface area contributed by atoms with E-state index in [1.807, 2.05) is 43.3 Å². The standard InChI is InChI=1S/C15H12N2O2/c1-10-5-7-11(8-6-10)14-9-12-13(16-14)3-2-4-15(12)17(18)19/h2-9,16H,1H3. The molecule has 3 aromatic rings. The fourth-order valence-corrected chi connectivity index (χ4v) is 2.19. The van der Waals surface area contributed by atoms with Crippen LogP contribution in [0.2, 0.25) is 0 Å². The number of nitro benzene ring substituents is 1. The zero-order valence-corrected chi connectivity index (χ0v) is 10.4. The normalized spacial score (nSPS) is 10.8. The van der Waals surface area contributed by atoms with E-state index in [4.69, 9.17) is 0 Å². The predicted molar refractivity (Wildman–Crippen MR) is 75.1 cm³/mol. The second-order valence-corrected chi connectivity index (χ2v) is 4.54. The highest BCUT2D eigenvalue weighted by molar-refractivity contribution is 5.92. The Balaban J connectivity index is 2.19. The molecule has 4 nitrogen and oxygen atoms in total. The number of hydrogen-bond acceptors (Lipinski definition) is 2. The summed E-state index contributed by atoms with van der Waals surface area (Å²) in [6, 6.07) is 14.9. The predicted octanol–water partition coefficient (Wildman–Crippen LogP) is 4.05. The Morgan fingerprint density at radius 2 is 1.84 bits per heavy atom. The van der Waals surface area contributed by atoms with Gasteiger partial charge in [-0.3, -0.25) is 10.1 Å². The van der Waals surface area contributed by atoms with Gasteiger partial charge in [-0.1, -0.05) is 35.9 Å². The van der Waals surface area contributed by atoms with Crippen molar-refractivity contribution in [3.05, 3.63) is 64.2 Å². The van der Waals surface area contributed by atoms with Gasteiger partial charge in [0.15, 0.2) is 0 Å². The van der Waals surface area contributed by atoms with E-state index < -0.39 is 0 Å². The maximum absolute atomic E-state index is 11.0. The molecule has 0 aliphatic heterocycles. The van der Waals surface area contributed by atoms with Gasteiger partial charge in [-0.25, -0.2) is 0 Å². The van der Waals surface area contributed by atoms with Crippen molar-refractivity contribution in [1.82, 2.24) is 4.98 Å². The summed E-state index contributed by atoms with van der Waals surface area (Å²) in [6.45, 7) is 2.03. The smallest absolute Gasteiger partial charge is 0.278 e. The van der Waals surface area contributed by atoms with Gasteiger partial charge in [0.1, 0.15) is 0 Å². The molecule has 0 amide bonds. The number of nitro groups is 1. The van der Waals surface area contributed by atoms with Crippen LogP contribution in [0.25, 0.3) is 22.2 Å².